The lowest BCUT2D eigenvalue weighted by Gasteiger charge is -2.17. The van der Waals surface area contributed by atoms with E-state index in [2.05, 4.69) is 41.4 Å². The van der Waals surface area contributed by atoms with Crippen LogP contribution < -0.4 is 10.6 Å². The molecule has 20 heavy (non-hydrogen) atoms. The van der Waals surface area contributed by atoms with E-state index in [9.17, 15) is 0 Å². The molecule has 1 aromatic rings. The fourth-order valence-electron chi connectivity index (χ4n) is 2.04. The van der Waals surface area contributed by atoms with Crippen LogP contribution in [0, 0.1) is 5.92 Å². The van der Waals surface area contributed by atoms with Crippen molar-refractivity contribution in [2.24, 2.45) is 5.92 Å². The van der Waals surface area contributed by atoms with E-state index in [0.717, 1.165) is 50.4 Å². The van der Waals surface area contributed by atoms with Gasteiger partial charge in [-0.25, -0.2) is 9.97 Å². The molecule has 1 unspecified atom stereocenters. The maximum Gasteiger partial charge on any atom is 0.134 e. The molecule has 0 spiro atoms. The zero-order valence-corrected chi connectivity index (χ0v) is 12.9. The molecule has 0 saturated heterocycles. The standard InChI is InChI=1S/C15H28N4O/c1-4-6-13-14(16-8-5-2)18-11-19-15(13)17-10-12(3)7-9-20/h11-12,20H,4-10H2,1-3H3,(H2,16,17,18,19). The van der Waals surface area contributed by atoms with Crippen LogP contribution in [0.4, 0.5) is 11.6 Å². The van der Waals surface area contributed by atoms with Crippen LogP contribution in [0.15, 0.2) is 6.33 Å². The predicted molar refractivity (Wildman–Crippen MR) is 84.2 cm³/mol. The lowest BCUT2D eigenvalue weighted by atomic mass is 10.1. The van der Waals surface area contributed by atoms with Gasteiger partial charge in [0.1, 0.15) is 18.0 Å². The molecule has 114 valence electrons. The number of rotatable bonds is 10. The molecule has 5 heteroatoms. The molecule has 1 heterocycles. The zero-order chi connectivity index (χ0) is 14.8. The second-order valence-electron chi connectivity index (χ2n) is 5.22. The first-order valence-corrected chi connectivity index (χ1v) is 7.65. The first kappa shape index (κ1) is 16.7. The minimum atomic E-state index is 0.234. The van der Waals surface area contributed by atoms with Gasteiger partial charge in [0.15, 0.2) is 0 Å². The van der Waals surface area contributed by atoms with Crippen molar-refractivity contribution in [2.45, 2.75) is 46.5 Å². The quantitative estimate of drug-likeness (QED) is 0.615. The molecule has 1 aromatic heterocycles. The molecule has 0 aromatic carbocycles. The summed E-state index contributed by atoms with van der Waals surface area (Å²) in [6.07, 6.45) is 5.52. The SMILES string of the molecule is CCCNc1ncnc(NCC(C)CCO)c1CCC. The van der Waals surface area contributed by atoms with Crippen LogP contribution in [0.3, 0.4) is 0 Å². The monoisotopic (exact) mass is 280 g/mol. The van der Waals surface area contributed by atoms with E-state index in [1.165, 1.54) is 5.56 Å². The van der Waals surface area contributed by atoms with Gasteiger partial charge in [0.05, 0.1) is 0 Å². The molecule has 3 N–H and O–H groups in total. The van der Waals surface area contributed by atoms with Crippen LogP contribution in [-0.4, -0.2) is 34.8 Å². The maximum absolute atomic E-state index is 8.95. The number of aromatic nitrogens is 2. The predicted octanol–water partition coefficient (Wildman–Crippen LogP) is 2.68. The number of nitrogens with one attached hydrogen (secondary N) is 2. The van der Waals surface area contributed by atoms with Crippen molar-refractivity contribution in [3.05, 3.63) is 11.9 Å². The molecule has 0 bridgehead atoms. The fourth-order valence-corrected chi connectivity index (χ4v) is 2.04. The third-order valence-electron chi connectivity index (χ3n) is 3.23. The summed E-state index contributed by atoms with van der Waals surface area (Å²) in [5, 5.41) is 15.7. The van der Waals surface area contributed by atoms with Crippen LogP contribution in [0.1, 0.15) is 45.6 Å². The van der Waals surface area contributed by atoms with Gasteiger partial charge in [0.2, 0.25) is 0 Å². The van der Waals surface area contributed by atoms with Gasteiger partial charge in [-0.2, -0.15) is 0 Å². The van der Waals surface area contributed by atoms with Gasteiger partial charge >= 0.3 is 0 Å². The van der Waals surface area contributed by atoms with Crippen molar-refractivity contribution in [1.82, 2.24) is 9.97 Å². The van der Waals surface area contributed by atoms with E-state index in [1.54, 1.807) is 6.33 Å². The second kappa shape index (κ2) is 9.53. The Morgan fingerprint density at radius 3 is 2.45 bits per heavy atom. The Labute approximate surface area is 122 Å². The molecule has 1 rings (SSSR count). The van der Waals surface area contributed by atoms with Gasteiger partial charge in [-0.05, 0) is 25.2 Å². The number of hydrogen-bond donors (Lipinski definition) is 3. The molecule has 5 nitrogen and oxygen atoms in total. The van der Waals surface area contributed by atoms with Crippen molar-refractivity contribution in [3.63, 3.8) is 0 Å². The van der Waals surface area contributed by atoms with Gasteiger partial charge in [-0.3, -0.25) is 0 Å². The minimum Gasteiger partial charge on any atom is -0.396 e. The number of aliphatic hydroxyl groups excluding tert-OH is 1. The molecule has 0 amide bonds. The second-order valence-corrected chi connectivity index (χ2v) is 5.22. The largest absolute Gasteiger partial charge is 0.396 e. The third kappa shape index (κ3) is 5.33. The van der Waals surface area contributed by atoms with E-state index >= 15 is 0 Å². The van der Waals surface area contributed by atoms with Crippen molar-refractivity contribution in [2.75, 3.05) is 30.3 Å². The average Bonchev–Trinajstić information content (AvgIpc) is 2.45. The molecule has 0 aliphatic heterocycles. The summed E-state index contributed by atoms with van der Waals surface area (Å²) in [5.74, 6) is 2.29. The third-order valence-corrected chi connectivity index (χ3v) is 3.23. The summed E-state index contributed by atoms with van der Waals surface area (Å²) >= 11 is 0. The van der Waals surface area contributed by atoms with Crippen LogP contribution in [0.2, 0.25) is 0 Å². The molecular weight excluding hydrogens is 252 g/mol. The Balaban J connectivity index is 2.77. The molecule has 0 aliphatic carbocycles. The number of aliphatic hydroxyl groups is 1. The van der Waals surface area contributed by atoms with Crippen molar-refractivity contribution in [3.8, 4) is 0 Å². The summed E-state index contributed by atoms with van der Waals surface area (Å²) in [6.45, 7) is 8.41. The Morgan fingerprint density at radius 1 is 1.15 bits per heavy atom. The normalized spacial score (nSPS) is 12.2. The number of nitrogens with zero attached hydrogens (tertiary/aromatic N) is 2. The summed E-state index contributed by atoms with van der Waals surface area (Å²) in [5.41, 5.74) is 1.17. The Morgan fingerprint density at radius 2 is 1.85 bits per heavy atom. The highest BCUT2D eigenvalue weighted by atomic mass is 16.3. The van der Waals surface area contributed by atoms with Crippen LogP contribution in [0.25, 0.3) is 0 Å². The minimum absolute atomic E-state index is 0.234. The van der Waals surface area contributed by atoms with Crippen molar-refractivity contribution < 1.29 is 5.11 Å². The van der Waals surface area contributed by atoms with Crippen molar-refractivity contribution in [1.29, 1.82) is 0 Å². The lowest BCUT2D eigenvalue weighted by molar-refractivity contribution is 0.266. The van der Waals surface area contributed by atoms with E-state index in [0.29, 0.717) is 5.92 Å². The Kier molecular flexibility index (Phi) is 7.95. The molecule has 1 atom stereocenters. The van der Waals surface area contributed by atoms with Crippen LogP contribution >= 0.6 is 0 Å². The first-order chi connectivity index (χ1) is 9.72. The summed E-state index contributed by atoms with van der Waals surface area (Å²) in [6, 6.07) is 0. The van der Waals surface area contributed by atoms with E-state index in [4.69, 9.17) is 5.11 Å². The van der Waals surface area contributed by atoms with E-state index in [1.807, 2.05) is 0 Å². The summed E-state index contributed by atoms with van der Waals surface area (Å²) in [7, 11) is 0. The van der Waals surface area contributed by atoms with Crippen LogP contribution in [0.5, 0.6) is 0 Å². The maximum atomic E-state index is 8.95. The molecular formula is C15H28N4O. The smallest absolute Gasteiger partial charge is 0.134 e. The summed E-state index contributed by atoms with van der Waals surface area (Å²) < 4.78 is 0. The highest BCUT2D eigenvalue weighted by molar-refractivity contribution is 5.57. The van der Waals surface area contributed by atoms with E-state index < -0.39 is 0 Å². The topological polar surface area (TPSA) is 70.1 Å². The number of hydrogen-bond acceptors (Lipinski definition) is 5. The van der Waals surface area contributed by atoms with Gasteiger partial charge in [-0.1, -0.05) is 27.2 Å². The highest BCUT2D eigenvalue weighted by Crippen LogP contribution is 2.22. The van der Waals surface area contributed by atoms with Crippen LogP contribution in [-0.2, 0) is 6.42 Å². The van der Waals surface area contributed by atoms with Gasteiger partial charge < -0.3 is 15.7 Å². The van der Waals surface area contributed by atoms with E-state index in [-0.39, 0.29) is 6.61 Å². The Bertz CT molecular complexity index is 384. The first-order valence-electron chi connectivity index (χ1n) is 7.65. The number of anilines is 2. The van der Waals surface area contributed by atoms with Gasteiger partial charge in [-0.15, -0.1) is 0 Å². The average molecular weight is 280 g/mol. The van der Waals surface area contributed by atoms with Crippen molar-refractivity contribution >= 4 is 11.6 Å². The lowest BCUT2D eigenvalue weighted by Crippen LogP contribution is -2.16. The highest BCUT2D eigenvalue weighted by Gasteiger charge is 2.11. The zero-order valence-electron chi connectivity index (χ0n) is 12.9. The molecule has 0 radical (unpaired) electrons. The molecule has 0 saturated carbocycles. The molecule has 0 fully saturated rings. The van der Waals surface area contributed by atoms with Gasteiger partial charge in [0, 0.05) is 25.3 Å². The molecule has 0 aliphatic rings. The Hall–Kier alpha value is -1.36. The fraction of sp³-hybridized carbons (Fsp3) is 0.733. The summed E-state index contributed by atoms with van der Waals surface area (Å²) in [4.78, 5) is 8.73. The van der Waals surface area contributed by atoms with Gasteiger partial charge in [0.25, 0.3) is 0 Å².